The van der Waals surface area contributed by atoms with Gasteiger partial charge in [0.2, 0.25) is 0 Å². The number of hydrogen-bond acceptors (Lipinski definition) is 4. The predicted octanol–water partition coefficient (Wildman–Crippen LogP) is 3.54. The molecular formula is C17H23NO2S. The maximum Gasteiger partial charge on any atom is 0.122 e. The molecule has 1 unspecified atom stereocenters. The van der Waals surface area contributed by atoms with E-state index in [1.807, 2.05) is 25.1 Å². The van der Waals surface area contributed by atoms with E-state index in [2.05, 4.69) is 28.7 Å². The number of thiophene rings is 1. The molecule has 0 aliphatic carbocycles. The van der Waals surface area contributed by atoms with E-state index in [4.69, 9.17) is 0 Å². The molecule has 1 heterocycles. The van der Waals surface area contributed by atoms with Gasteiger partial charge in [-0.2, -0.15) is 11.3 Å². The number of nitrogens with zero attached hydrogens (tertiary/aromatic N) is 1. The summed E-state index contributed by atoms with van der Waals surface area (Å²) >= 11 is 1.68. The summed E-state index contributed by atoms with van der Waals surface area (Å²) in [5.41, 5.74) is 3.05. The summed E-state index contributed by atoms with van der Waals surface area (Å²) in [6.07, 6.45) is 0.882. The molecule has 4 heteroatoms. The fraction of sp³-hybridized carbons (Fsp3) is 0.412. The first kappa shape index (κ1) is 16.0. The van der Waals surface area contributed by atoms with E-state index in [1.54, 1.807) is 11.3 Å². The van der Waals surface area contributed by atoms with Crippen LogP contribution >= 0.6 is 11.3 Å². The Balaban J connectivity index is 2.20. The smallest absolute Gasteiger partial charge is 0.122 e. The van der Waals surface area contributed by atoms with Crippen LogP contribution < -0.4 is 0 Å². The van der Waals surface area contributed by atoms with Crippen LogP contribution in [0, 0.1) is 6.92 Å². The highest BCUT2D eigenvalue weighted by atomic mass is 32.1. The molecule has 0 saturated heterocycles. The number of aliphatic hydroxyl groups excluding tert-OH is 1. The number of phenolic OH excluding ortho intramolecular Hbond substituents is 1. The van der Waals surface area contributed by atoms with Crippen LogP contribution in [-0.4, -0.2) is 27.8 Å². The molecule has 0 amide bonds. The average Bonchev–Trinajstić information content (AvgIpc) is 2.98. The van der Waals surface area contributed by atoms with Crippen molar-refractivity contribution < 1.29 is 10.2 Å². The average molecular weight is 305 g/mol. The first-order valence-electron chi connectivity index (χ1n) is 7.29. The molecule has 2 rings (SSSR count). The maximum absolute atomic E-state index is 10.2. The molecule has 3 nitrogen and oxygen atoms in total. The molecule has 2 N–H and O–H groups in total. The molecule has 1 aromatic heterocycles. The van der Waals surface area contributed by atoms with Gasteiger partial charge in [-0.15, -0.1) is 0 Å². The highest BCUT2D eigenvalue weighted by Crippen LogP contribution is 2.25. The van der Waals surface area contributed by atoms with Crippen molar-refractivity contribution in [2.75, 3.05) is 6.61 Å². The summed E-state index contributed by atoms with van der Waals surface area (Å²) in [6.45, 7) is 5.55. The minimum atomic E-state index is 0.102. The summed E-state index contributed by atoms with van der Waals surface area (Å²) < 4.78 is 0. The third-order valence-corrected chi connectivity index (χ3v) is 4.59. The zero-order valence-electron chi connectivity index (χ0n) is 12.6. The number of benzene rings is 1. The van der Waals surface area contributed by atoms with Gasteiger partial charge < -0.3 is 10.2 Å². The molecule has 0 fully saturated rings. The molecule has 0 spiro atoms. The number of hydrogen-bond donors (Lipinski definition) is 2. The Morgan fingerprint density at radius 2 is 2.05 bits per heavy atom. The predicted molar refractivity (Wildman–Crippen MR) is 87.6 cm³/mol. The van der Waals surface area contributed by atoms with E-state index >= 15 is 0 Å². The fourth-order valence-electron chi connectivity index (χ4n) is 2.50. The number of aliphatic hydroxyl groups is 1. The molecule has 0 radical (unpaired) electrons. The number of aromatic hydroxyl groups is 1. The zero-order valence-corrected chi connectivity index (χ0v) is 13.4. The third-order valence-electron chi connectivity index (χ3n) is 3.86. The third kappa shape index (κ3) is 4.06. The van der Waals surface area contributed by atoms with Crippen molar-refractivity contribution in [3.05, 3.63) is 51.7 Å². The van der Waals surface area contributed by atoms with E-state index in [0.29, 0.717) is 12.3 Å². The summed E-state index contributed by atoms with van der Waals surface area (Å²) in [5, 5.41) is 24.0. The Bertz CT molecular complexity index is 550. The molecule has 114 valence electrons. The van der Waals surface area contributed by atoms with Crippen molar-refractivity contribution in [3.63, 3.8) is 0 Å². The van der Waals surface area contributed by atoms with E-state index < -0.39 is 0 Å². The first-order chi connectivity index (χ1) is 10.2. The summed E-state index contributed by atoms with van der Waals surface area (Å²) in [5.74, 6) is 0.362. The van der Waals surface area contributed by atoms with Gasteiger partial charge in [0.25, 0.3) is 0 Å². The monoisotopic (exact) mass is 305 g/mol. The second-order valence-corrected chi connectivity index (χ2v) is 6.14. The van der Waals surface area contributed by atoms with Gasteiger partial charge in [-0.1, -0.05) is 25.1 Å². The van der Waals surface area contributed by atoms with Crippen LogP contribution in [-0.2, 0) is 13.1 Å². The van der Waals surface area contributed by atoms with Crippen molar-refractivity contribution >= 4 is 11.3 Å². The second-order valence-electron chi connectivity index (χ2n) is 5.36. The quantitative estimate of drug-likeness (QED) is 0.822. The highest BCUT2D eigenvalue weighted by Gasteiger charge is 2.18. The van der Waals surface area contributed by atoms with E-state index in [9.17, 15) is 10.2 Å². The van der Waals surface area contributed by atoms with Crippen molar-refractivity contribution in [1.29, 1.82) is 0 Å². The zero-order chi connectivity index (χ0) is 15.2. The van der Waals surface area contributed by atoms with Crippen molar-refractivity contribution in [2.45, 2.75) is 39.4 Å². The van der Waals surface area contributed by atoms with Gasteiger partial charge in [-0.3, -0.25) is 4.90 Å². The first-order valence-corrected chi connectivity index (χ1v) is 8.23. The Hall–Kier alpha value is -1.36. The van der Waals surface area contributed by atoms with Gasteiger partial charge in [0, 0.05) is 24.7 Å². The number of rotatable bonds is 7. The van der Waals surface area contributed by atoms with Gasteiger partial charge in [-0.25, -0.2) is 0 Å². The lowest BCUT2D eigenvalue weighted by Gasteiger charge is -2.30. The second kappa shape index (κ2) is 7.59. The Labute approximate surface area is 130 Å². The Morgan fingerprint density at radius 1 is 1.24 bits per heavy atom. The molecule has 0 aliphatic rings. The van der Waals surface area contributed by atoms with Crippen LogP contribution in [0.5, 0.6) is 5.75 Å². The van der Waals surface area contributed by atoms with E-state index in [-0.39, 0.29) is 12.6 Å². The molecule has 0 aliphatic heterocycles. The Kier molecular flexibility index (Phi) is 5.79. The van der Waals surface area contributed by atoms with Gasteiger partial charge in [-0.05, 0) is 41.3 Å². The molecular weight excluding hydrogens is 282 g/mol. The lowest BCUT2D eigenvalue weighted by atomic mass is 10.1. The van der Waals surface area contributed by atoms with Gasteiger partial charge in [0.1, 0.15) is 5.75 Å². The van der Waals surface area contributed by atoms with Crippen LogP contribution in [0.1, 0.15) is 30.0 Å². The van der Waals surface area contributed by atoms with Gasteiger partial charge in [0.05, 0.1) is 6.61 Å². The van der Waals surface area contributed by atoms with Crippen LogP contribution in [0.3, 0.4) is 0 Å². The van der Waals surface area contributed by atoms with Crippen molar-refractivity contribution in [3.8, 4) is 5.75 Å². The number of phenols is 1. The van der Waals surface area contributed by atoms with Gasteiger partial charge in [0.15, 0.2) is 0 Å². The molecule has 1 atom stereocenters. The standard InChI is InChI=1S/C17H23NO2S/c1-3-16(11-19)18(9-14-7-8-21-12-14)10-15-6-4-5-13(2)17(15)20/h4-8,12,16,19-20H,3,9-11H2,1-2H3. The molecule has 2 aromatic rings. The summed E-state index contributed by atoms with van der Waals surface area (Å²) in [6, 6.07) is 8.04. The van der Waals surface area contributed by atoms with Crippen LogP contribution in [0.15, 0.2) is 35.0 Å². The summed E-state index contributed by atoms with van der Waals surface area (Å²) in [4.78, 5) is 2.23. The van der Waals surface area contributed by atoms with Crippen LogP contribution in [0.4, 0.5) is 0 Å². The number of para-hydroxylation sites is 1. The molecule has 1 aromatic carbocycles. The maximum atomic E-state index is 10.2. The lowest BCUT2D eigenvalue weighted by molar-refractivity contribution is 0.106. The van der Waals surface area contributed by atoms with Crippen LogP contribution in [0.25, 0.3) is 0 Å². The Morgan fingerprint density at radius 3 is 2.67 bits per heavy atom. The van der Waals surface area contributed by atoms with Gasteiger partial charge >= 0.3 is 0 Å². The van der Waals surface area contributed by atoms with Crippen molar-refractivity contribution in [2.24, 2.45) is 0 Å². The van der Waals surface area contributed by atoms with Crippen LogP contribution in [0.2, 0.25) is 0 Å². The normalized spacial score (nSPS) is 12.8. The summed E-state index contributed by atoms with van der Waals surface area (Å²) in [7, 11) is 0. The van der Waals surface area contributed by atoms with E-state index in [0.717, 1.165) is 24.1 Å². The SMILES string of the molecule is CCC(CO)N(Cc1ccsc1)Cc1cccc(C)c1O. The fourth-order valence-corrected chi connectivity index (χ4v) is 3.16. The molecule has 21 heavy (non-hydrogen) atoms. The highest BCUT2D eigenvalue weighted by molar-refractivity contribution is 7.07. The van der Waals surface area contributed by atoms with E-state index in [1.165, 1.54) is 5.56 Å². The lowest BCUT2D eigenvalue weighted by Crippen LogP contribution is -2.36. The van der Waals surface area contributed by atoms with Crippen molar-refractivity contribution in [1.82, 2.24) is 4.90 Å². The topological polar surface area (TPSA) is 43.7 Å². The minimum absolute atomic E-state index is 0.102. The molecule has 0 saturated carbocycles. The minimum Gasteiger partial charge on any atom is -0.507 e. The molecule has 0 bridgehead atoms. The largest absolute Gasteiger partial charge is 0.507 e. The number of aryl methyl sites for hydroxylation is 1.